The summed E-state index contributed by atoms with van der Waals surface area (Å²) in [6.07, 6.45) is -3.01. The van der Waals surface area contributed by atoms with E-state index in [9.17, 15) is 21.6 Å². The molecule has 1 aliphatic heterocycles. The fourth-order valence-corrected chi connectivity index (χ4v) is 5.41. The highest BCUT2D eigenvalue weighted by atomic mass is 32.2. The minimum Gasteiger partial charge on any atom is -0.406 e. The van der Waals surface area contributed by atoms with Crippen LogP contribution in [-0.2, 0) is 16.4 Å². The third kappa shape index (κ3) is 7.15. The standard InChI is InChI=1S/C25H26F3N7O4S/c1-17-14-21(24-31-23(33-39-24)19-3-5-20(6-4-19)38-25(26,27)28)32-35(17)16-18-2-7-22(30-15-18)29-8-9-34-10-12-40(36,37)13-11-34/h2-7,14-15H,8-13,16H2,1H3,(H,29,30). The smallest absolute Gasteiger partial charge is 0.406 e. The van der Waals surface area contributed by atoms with Gasteiger partial charge in [-0.1, -0.05) is 11.2 Å². The van der Waals surface area contributed by atoms with Gasteiger partial charge in [-0.3, -0.25) is 9.58 Å². The van der Waals surface area contributed by atoms with Crippen LogP contribution in [0.3, 0.4) is 0 Å². The van der Waals surface area contributed by atoms with Gasteiger partial charge < -0.3 is 14.6 Å². The Bertz CT molecular complexity index is 1540. The zero-order valence-electron chi connectivity index (χ0n) is 21.4. The maximum Gasteiger partial charge on any atom is 0.573 e. The molecule has 1 aromatic carbocycles. The van der Waals surface area contributed by atoms with Crippen LogP contribution in [0.2, 0.25) is 0 Å². The summed E-state index contributed by atoms with van der Waals surface area (Å²) in [5, 5.41) is 11.7. The summed E-state index contributed by atoms with van der Waals surface area (Å²) in [6.45, 7) is 4.86. The van der Waals surface area contributed by atoms with E-state index in [4.69, 9.17) is 4.52 Å². The van der Waals surface area contributed by atoms with Gasteiger partial charge in [-0.25, -0.2) is 13.4 Å². The second-order valence-corrected chi connectivity index (χ2v) is 11.6. The molecule has 0 saturated carbocycles. The Morgan fingerprint density at radius 3 is 2.52 bits per heavy atom. The summed E-state index contributed by atoms with van der Waals surface area (Å²) in [6, 6.07) is 10.8. The van der Waals surface area contributed by atoms with Gasteiger partial charge in [0.1, 0.15) is 11.6 Å². The molecule has 15 heteroatoms. The Hall–Kier alpha value is -3.98. The summed E-state index contributed by atoms with van der Waals surface area (Å²) >= 11 is 0. The number of anilines is 1. The van der Waals surface area contributed by atoms with Gasteiger partial charge in [0.15, 0.2) is 15.5 Å². The normalized spacial score (nSPS) is 15.7. The van der Waals surface area contributed by atoms with E-state index in [0.29, 0.717) is 37.4 Å². The summed E-state index contributed by atoms with van der Waals surface area (Å²) < 4.78 is 71.2. The monoisotopic (exact) mass is 577 g/mol. The predicted octanol–water partition coefficient (Wildman–Crippen LogP) is 3.39. The highest BCUT2D eigenvalue weighted by molar-refractivity contribution is 7.91. The molecule has 0 aliphatic carbocycles. The van der Waals surface area contributed by atoms with Crippen molar-refractivity contribution in [3.05, 3.63) is 59.9 Å². The summed E-state index contributed by atoms with van der Waals surface area (Å²) in [4.78, 5) is 10.9. The lowest BCUT2D eigenvalue weighted by molar-refractivity contribution is -0.274. The average molecular weight is 578 g/mol. The number of alkyl halides is 3. The fraction of sp³-hybridized carbons (Fsp3) is 0.360. The third-order valence-electron chi connectivity index (χ3n) is 6.30. The summed E-state index contributed by atoms with van der Waals surface area (Å²) in [5.74, 6) is 1.18. The lowest BCUT2D eigenvalue weighted by Crippen LogP contribution is -2.42. The first-order valence-corrected chi connectivity index (χ1v) is 14.2. The number of aryl methyl sites for hydroxylation is 1. The Morgan fingerprint density at radius 2 is 1.85 bits per heavy atom. The number of benzene rings is 1. The average Bonchev–Trinajstić information content (AvgIpc) is 3.53. The molecule has 1 N–H and O–H groups in total. The SMILES string of the molecule is Cc1cc(-c2nc(-c3ccc(OC(F)(F)F)cc3)no2)nn1Cc1ccc(NCCN2CCS(=O)(=O)CC2)nc1. The number of hydrogen-bond acceptors (Lipinski definition) is 10. The van der Waals surface area contributed by atoms with E-state index in [1.807, 2.05) is 19.1 Å². The van der Waals surface area contributed by atoms with Crippen LogP contribution in [0, 0.1) is 6.92 Å². The summed E-state index contributed by atoms with van der Waals surface area (Å²) in [5.41, 5.74) is 2.71. The van der Waals surface area contributed by atoms with Crippen molar-refractivity contribution in [1.29, 1.82) is 0 Å². The predicted molar refractivity (Wildman–Crippen MR) is 139 cm³/mol. The van der Waals surface area contributed by atoms with Crippen molar-refractivity contribution < 1.29 is 30.8 Å². The number of aromatic nitrogens is 5. The van der Waals surface area contributed by atoms with Gasteiger partial charge in [-0.15, -0.1) is 13.2 Å². The quantitative estimate of drug-likeness (QED) is 0.316. The number of nitrogens with zero attached hydrogens (tertiary/aromatic N) is 6. The van der Waals surface area contributed by atoms with Crippen LogP contribution in [0.15, 0.2) is 53.2 Å². The van der Waals surface area contributed by atoms with E-state index in [2.05, 4.69) is 35.2 Å². The first-order valence-electron chi connectivity index (χ1n) is 12.4. The molecule has 0 unspecified atom stereocenters. The number of ether oxygens (including phenoxy) is 1. The largest absolute Gasteiger partial charge is 0.573 e. The van der Waals surface area contributed by atoms with E-state index >= 15 is 0 Å². The number of pyridine rings is 1. The number of sulfone groups is 1. The lowest BCUT2D eigenvalue weighted by Gasteiger charge is -2.26. The molecule has 1 aliphatic rings. The van der Waals surface area contributed by atoms with Gasteiger partial charge in [-0.2, -0.15) is 10.1 Å². The summed E-state index contributed by atoms with van der Waals surface area (Å²) in [7, 11) is -2.88. The molecule has 1 saturated heterocycles. The minimum atomic E-state index is -4.77. The second kappa shape index (κ2) is 11.3. The Kier molecular flexibility index (Phi) is 7.76. The zero-order valence-corrected chi connectivity index (χ0v) is 22.2. The molecule has 4 heterocycles. The number of hydrogen-bond donors (Lipinski definition) is 1. The van der Waals surface area contributed by atoms with E-state index in [0.717, 1.165) is 23.6 Å². The first-order chi connectivity index (χ1) is 19.0. The Morgan fingerprint density at radius 1 is 1.10 bits per heavy atom. The first kappa shape index (κ1) is 27.6. The molecule has 1 fully saturated rings. The zero-order chi connectivity index (χ0) is 28.3. The van der Waals surface area contributed by atoms with Crippen LogP contribution in [0.1, 0.15) is 11.3 Å². The van der Waals surface area contributed by atoms with Crippen LogP contribution < -0.4 is 10.1 Å². The maximum atomic E-state index is 12.4. The van der Waals surface area contributed by atoms with E-state index < -0.39 is 16.2 Å². The molecule has 0 bridgehead atoms. The molecule has 40 heavy (non-hydrogen) atoms. The molecule has 3 aromatic heterocycles. The van der Waals surface area contributed by atoms with Gasteiger partial charge in [-0.05, 0) is 48.9 Å². The molecule has 5 rings (SSSR count). The molecular weight excluding hydrogens is 551 g/mol. The van der Waals surface area contributed by atoms with Crippen LogP contribution in [0.5, 0.6) is 5.75 Å². The number of rotatable bonds is 9. The van der Waals surface area contributed by atoms with Crippen molar-refractivity contribution in [1.82, 2.24) is 29.8 Å². The van der Waals surface area contributed by atoms with Crippen molar-refractivity contribution in [3.63, 3.8) is 0 Å². The van der Waals surface area contributed by atoms with Crippen LogP contribution in [-0.4, -0.2) is 82.3 Å². The van der Waals surface area contributed by atoms with E-state index in [-0.39, 0.29) is 29.0 Å². The van der Waals surface area contributed by atoms with Crippen molar-refractivity contribution in [3.8, 4) is 28.7 Å². The molecule has 11 nitrogen and oxygen atoms in total. The number of nitrogens with one attached hydrogen (secondary N) is 1. The lowest BCUT2D eigenvalue weighted by atomic mass is 10.2. The van der Waals surface area contributed by atoms with Crippen LogP contribution in [0.25, 0.3) is 23.0 Å². The molecule has 0 atom stereocenters. The molecule has 0 spiro atoms. The molecule has 0 amide bonds. The topological polar surface area (TPSA) is 128 Å². The fourth-order valence-electron chi connectivity index (χ4n) is 4.14. The van der Waals surface area contributed by atoms with Crippen molar-refractivity contribution in [2.75, 3.05) is 43.0 Å². The highest BCUT2D eigenvalue weighted by Gasteiger charge is 2.31. The number of halogens is 3. The van der Waals surface area contributed by atoms with Crippen molar-refractivity contribution in [2.24, 2.45) is 0 Å². The second-order valence-electron chi connectivity index (χ2n) is 9.30. The van der Waals surface area contributed by atoms with Gasteiger partial charge in [0.2, 0.25) is 5.82 Å². The third-order valence-corrected chi connectivity index (χ3v) is 7.91. The van der Waals surface area contributed by atoms with E-state index in [1.165, 1.54) is 24.3 Å². The van der Waals surface area contributed by atoms with E-state index in [1.54, 1.807) is 16.9 Å². The van der Waals surface area contributed by atoms with Gasteiger partial charge in [0, 0.05) is 43.6 Å². The van der Waals surface area contributed by atoms with Gasteiger partial charge in [0.05, 0.1) is 18.1 Å². The van der Waals surface area contributed by atoms with Crippen LogP contribution in [0.4, 0.5) is 19.0 Å². The molecule has 4 aromatic rings. The van der Waals surface area contributed by atoms with Gasteiger partial charge >= 0.3 is 6.36 Å². The Labute approximate surface area is 227 Å². The molecular formula is C25H26F3N7O4S. The highest BCUT2D eigenvalue weighted by Crippen LogP contribution is 2.27. The van der Waals surface area contributed by atoms with Crippen molar-refractivity contribution >= 4 is 15.7 Å². The maximum absolute atomic E-state index is 12.4. The molecule has 212 valence electrons. The van der Waals surface area contributed by atoms with Crippen LogP contribution >= 0.6 is 0 Å². The van der Waals surface area contributed by atoms with Gasteiger partial charge in [0.25, 0.3) is 5.89 Å². The Balaban J connectivity index is 1.16. The van der Waals surface area contributed by atoms with Crippen molar-refractivity contribution in [2.45, 2.75) is 19.8 Å². The molecule has 0 radical (unpaired) electrons. The minimum absolute atomic E-state index is 0.177.